The molecule has 0 aliphatic carbocycles. The molecule has 0 aliphatic heterocycles. The van der Waals surface area contributed by atoms with Gasteiger partial charge in [-0.25, -0.2) is 4.98 Å². The molecule has 0 amide bonds. The standard InChI is InChI=1S/C12H8ClN3O2S/c13-9-3-7(5-14)1-2-10(9)16-12-15-8(6-19-12)4-11(17)18/h1-3,6H,4H2,(H,15,16)(H,17,18). The highest BCUT2D eigenvalue weighted by Crippen LogP contribution is 2.28. The van der Waals surface area contributed by atoms with Gasteiger partial charge in [-0.2, -0.15) is 5.26 Å². The van der Waals surface area contributed by atoms with Crippen LogP contribution in [0.4, 0.5) is 10.8 Å². The van der Waals surface area contributed by atoms with E-state index in [-0.39, 0.29) is 6.42 Å². The van der Waals surface area contributed by atoms with Crippen LogP contribution in [0.3, 0.4) is 0 Å². The number of carboxylic acids is 1. The van der Waals surface area contributed by atoms with E-state index in [2.05, 4.69) is 10.3 Å². The van der Waals surface area contributed by atoms with E-state index in [1.807, 2.05) is 6.07 Å². The molecule has 19 heavy (non-hydrogen) atoms. The van der Waals surface area contributed by atoms with Crippen molar-refractivity contribution in [3.8, 4) is 6.07 Å². The zero-order valence-corrected chi connectivity index (χ0v) is 11.1. The van der Waals surface area contributed by atoms with E-state index in [4.69, 9.17) is 22.0 Å². The van der Waals surface area contributed by atoms with Gasteiger partial charge in [-0.3, -0.25) is 4.79 Å². The predicted octanol–water partition coefficient (Wildman–Crippen LogP) is 3.04. The summed E-state index contributed by atoms with van der Waals surface area (Å²) in [6.45, 7) is 0. The molecular weight excluding hydrogens is 286 g/mol. The van der Waals surface area contributed by atoms with E-state index in [1.165, 1.54) is 11.3 Å². The molecule has 5 nitrogen and oxygen atoms in total. The Hall–Kier alpha value is -2.10. The predicted molar refractivity (Wildman–Crippen MR) is 72.9 cm³/mol. The number of rotatable bonds is 4. The third-order valence-corrected chi connectivity index (χ3v) is 3.34. The van der Waals surface area contributed by atoms with Crippen LogP contribution in [0.1, 0.15) is 11.3 Å². The van der Waals surface area contributed by atoms with Gasteiger partial charge in [0.2, 0.25) is 0 Å². The average Bonchev–Trinajstić information content (AvgIpc) is 2.78. The highest BCUT2D eigenvalue weighted by Gasteiger charge is 2.08. The number of aromatic nitrogens is 1. The Labute approximate surface area is 118 Å². The molecule has 0 atom stereocenters. The van der Waals surface area contributed by atoms with Crippen molar-refractivity contribution >= 4 is 39.7 Å². The van der Waals surface area contributed by atoms with Gasteiger partial charge in [0.05, 0.1) is 34.5 Å². The summed E-state index contributed by atoms with van der Waals surface area (Å²) in [5, 5.41) is 23.0. The fourth-order valence-corrected chi connectivity index (χ4v) is 2.35. The van der Waals surface area contributed by atoms with Crippen LogP contribution in [0.25, 0.3) is 0 Å². The maximum absolute atomic E-state index is 10.6. The Balaban J connectivity index is 2.15. The summed E-state index contributed by atoms with van der Waals surface area (Å²) in [6, 6.07) is 6.86. The first-order valence-electron chi connectivity index (χ1n) is 5.21. The SMILES string of the molecule is N#Cc1ccc(Nc2nc(CC(=O)O)cs2)c(Cl)c1. The molecule has 1 aromatic heterocycles. The van der Waals surface area contributed by atoms with E-state index in [1.54, 1.807) is 23.6 Å². The number of carboxylic acid groups (broad SMARTS) is 1. The molecule has 2 N–H and O–H groups in total. The summed E-state index contributed by atoms with van der Waals surface area (Å²) in [5.41, 5.74) is 1.59. The smallest absolute Gasteiger partial charge is 0.309 e. The Morgan fingerprint density at radius 3 is 3.00 bits per heavy atom. The molecule has 1 aromatic carbocycles. The van der Waals surface area contributed by atoms with Gasteiger partial charge in [-0.15, -0.1) is 11.3 Å². The van der Waals surface area contributed by atoms with Crippen molar-refractivity contribution in [1.29, 1.82) is 5.26 Å². The van der Waals surface area contributed by atoms with Crippen LogP contribution in [-0.4, -0.2) is 16.1 Å². The summed E-state index contributed by atoms with van der Waals surface area (Å²) >= 11 is 7.31. The van der Waals surface area contributed by atoms with Gasteiger partial charge in [0.15, 0.2) is 5.13 Å². The summed E-state index contributed by atoms with van der Waals surface area (Å²) < 4.78 is 0. The number of aliphatic carboxylic acids is 1. The molecule has 2 rings (SSSR count). The first kappa shape index (κ1) is 13.3. The van der Waals surface area contributed by atoms with E-state index in [0.717, 1.165) is 0 Å². The van der Waals surface area contributed by atoms with Crippen molar-refractivity contribution in [2.45, 2.75) is 6.42 Å². The summed E-state index contributed by atoms with van der Waals surface area (Å²) in [6.07, 6.45) is -0.112. The number of hydrogen-bond donors (Lipinski definition) is 2. The first-order valence-corrected chi connectivity index (χ1v) is 6.47. The fourth-order valence-electron chi connectivity index (χ4n) is 1.40. The Morgan fingerprint density at radius 2 is 2.37 bits per heavy atom. The van der Waals surface area contributed by atoms with Crippen LogP contribution in [-0.2, 0) is 11.2 Å². The molecule has 0 spiro atoms. The van der Waals surface area contributed by atoms with Gasteiger partial charge in [-0.1, -0.05) is 11.6 Å². The van der Waals surface area contributed by atoms with Gasteiger partial charge in [-0.05, 0) is 18.2 Å². The highest BCUT2D eigenvalue weighted by molar-refractivity contribution is 7.13. The van der Waals surface area contributed by atoms with Crippen LogP contribution in [0, 0.1) is 11.3 Å². The minimum atomic E-state index is -0.923. The number of carbonyl (C=O) groups is 1. The molecule has 0 unspecified atom stereocenters. The minimum absolute atomic E-state index is 0.112. The Kier molecular flexibility index (Phi) is 4.00. The maximum atomic E-state index is 10.6. The number of thiazole rings is 1. The molecule has 0 fully saturated rings. The second-order valence-corrected chi connectivity index (χ2v) is 4.91. The van der Waals surface area contributed by atoms with Crippen LogP contribution in [0.2, 0.25) is 5.02 Å². The largest absolute Gasteiger partial charge is 0.481 e. The minimum Gasteiger partial charge on any atom is -0.481 e. The number of nitriles is 1. The second kappa shape index (κ2) is 5.69. The van der Waals surface area contributed by atoms with Crippen molar-refractivity contribution in [1.82, 2.24) is 4.98 Å². The lowest BCUT2D eigenvalue weighted by atomic mass is 10.2. The lowest BCUT2D eigenvalue weighted by molar-refractivity contribution is -0.136. The Bertz CT molecular complexity index is 663. The Morgan fingerprint density at radius 1 is 1.58 bits per heavy atom. The quantitative estimate of drug-likeness (QED) is 0.905. The van der Waals surface area contributed by atoms with Gasteiger partial charge < -0.3 is 10.4 Å². The van der Waals surface area contributed by atoms with Crippen molar-refractivity contribution < 1.29 is 9.90 Å². The van der Waals surface area contributed by atoms with Crippen LogP contribution < -0.4 is 5.32 Å². The maximum Gasteiger partial charge on any atom is 0.309 e. The van der Waals surface area contributed by atoms with Crippen molar-refractivity contribution in [2.75, 3.05) is 5.32 Å². The van der Waals surface area contributed by atoms with E-state index >= 15 is 0 Å². The molecule has 0 bridgehead atoms. The zero-order chi connectivity index (χ0) is 13.8. The lowest BCUT2D eigenvalue weighted by Gasteiger charge is -2.04. The third-order valence-electron chi connectivity index (χ3n) is 2.22. The second-order valence-electron chi connectivity index (χ2n) is 3.65. The topological polar surface area (TPSA) is 86.0 Å². The number of benzene rings is 1. The molecular formula is C12H8ClN3O2S. The molecule has 1 heterocycles. The van der Waals surface area contributed by atoms with E-state index in [0.29, 0.717) is 27.1 Å². The molecule has 2 aromatic rings. The number of hydrogen-bond acceptors (Lipinski definition) is 5. The highest BCUT2D eigenvalue weighted by atomic mass is 35.5. The average molecular weight is 294 g/mol. The van der Waals surface area contributed by atoms with Crippen molar-refractivity contribution in [3.63, 3.8) is 0 Å². The monoisotopic (exact) mass is 293 g/mol. The molecule has 7 heteroatoms. The summed E-state index contributed by atoms with van der Waals surface area (Å²) in [5.74, 6) is -0.923. The molecule has 0 aliphatic rings. The first-order chi connectivity index (χ1) is 9.08. The normalized spacial score (nSPS) is 9.89. The van der Waals surface area contributed by atoms with E-state index < -0.39 is 5.97 Å². The van der Waals surface area contributed by atoms with Crippen molar-refractivity contribution in [2.24, 2.45) is 0 Å². The molecule has 0 saturated carbocycles. The van der Waals surface area contributed by atoms with Gasteiger partial charge in [0.25, 0.3) is 0 Å². The zero-order valence-electron chi connectivity index (χ0n) is 9.55. The van der Waals surface area contributed by atoms with Crippen LogP contribution in [0.15, 0.2) is 23.6 Å². The van der Waals surface area contributed by atoms with Crippen LogP contribution in [0.5, 0.6) is 0 Å². The molecule has 0 radical (unpaired) electrons. The van der Waals surface area contributed by atoms with Crippen molar-refractivity contribution in [3.05, 3.63) is 39.9 Å². The molecule has 96 valence electrons. The summed E-state index contributed by atoms with van der Waals surface area (Å²) in [4.78, 5) is 14.7. The summed E-state index contributed by atoms with van der Waals surface area (Å²) in [7, 11) is 0. The van der Waals surface area contributed by atoms with E-state index in [9.17, 15) is 4.79 Å². The molecule has 0 saturated heterocycles. The van der Waals surface area contributed by atoms with Gasteiger partial charge in [0.1, 0.15) is 0 Å². The lowest BCUT2D eigenvalue weighted by Crippen LogP contribution is -2.00. The van der Waals surface area contributed by atoms with Gasteiger partial charge >= 0.3 is 5.97 Å². The van der Waals surface area contributed by atoms with Crippen LogP contribution >= 0.6 is 22.9 Å². The van der Waals surface area contributed by atoms with Gasteiger partial charge in [0, 0.05) is 5.38 Å². The number of nitrogens with zero attached hydrogens (tertiary/aromatic N) is 2. The number of halogens is 1. The third kappa shape index (κ3) is 3.44. The fraction of sp³-hybridized carbons (Fsp3) is 0.0833. The number of anilines is 2. The number of nitrogens with one attached hydrogen (secondary N) is 1.